The number of methoxy groups -OCH3 is 1. The molecule has 102 valence electrons. The molecule has 1 rings (SSSR count). The van der Waals surface area contributed by atoms with E-state index in [2.05, 4.69) is 25.4 Å². The van der Waals surface area contributed by atoms with Crippen LogP contribution in [-0.4, -0.2) is 28.7 Å². The maximum atomic E-state index is 11.7. The quantitative estimate of drug-likeness (QED) is 0.537. The van der Waals surface area contributed by atoms with Crippen molar-refractivity contribution in [1.82, 2.24) is 4.72 Å². The average Bonchev–Trinajstić information content (AvgIpc) is 2.23. The van der Waals surface area contributed by atoms with Crippen LogP contribution in [0.25, 0.3) is 0 Å². The van der Waals surface area contributed by atoms with Crippen LogP contribution in [0.5, 0.6) is 0 Å². The van der Waals surface area contributed by atoms with Gasteiger partial charge in [-0.05, 0) is 40.5 Å². The normalized spacial score (nSPS) is 11.5. The van der Waals surface area contributed by atoms with Crippen LogP contribution in [0.3, 0.4) is 0 Å². The predicted octanol–water partition coefficient (Wildman–Crippen LogP) is 1.23. The van der Waals surface area contributed by atoms with Crippen molar-refractivity contribution in [2.24, 2.45) is 0 Å². The highest BCUT2D eigenvalue weighted by atomic mass is 79.9. The Bertz CT molecular complexity index is 496. The standard InChI is InChI=1S/C10H16BrN3O3S/c1-7-5-8(11)10(9(12)6-7)14-18(15,16)13-3-4-17-2/h5-6,13-14H,3-4,12H2,1-2H3. The smallest absolute Gasteiger partial charge is 0.299 e. The second kappa shape index (κ2) is 6.37. The van der Waals surface area contributed by atoms with E-state index < -0.39 is 10.2 Å². The Morgan fingerprint density at radius 1 is 1.44 bits per heavy atom. The second-order valence-corrected chi connectivity index (χ2v) is 6.06. The van der Waals surface area contributed by atoms with Gasteiger partial charge in [0.15, 0.2) is 0 Å². The number of aryl methyl sites for hydroxylation is 1. The number of nitrogens with two attached hydrogens (primary N) is 1. The number of anilines is 2. The van der Waals surface area contributed by atoms with Gasteiger partial charge in [-0.3, -0.25) is 4.72 Å². The Morgan fingerprint density at radius 2 is 2.11 bits per heavy atom. The first-order valence-electron chi connectivity index (χ1n) is 5.17. The van der Waals surface area contributed by atoms with E-state index in [9.17, 15) is 8.42 Å². The molecule has 0 aliphatic carbocycles. The van der Waals surface area contributed by atoms with Crippen molar-refractivity contribution in [3.8, 4) is 0 Å². The van der Waals surface area contributed by atoms with E-state index in [4.69, 9.17) is 10.5 Å². The molecule has 0 radical (unpaired) electrons. The molecule has 1 aromatic rings. The SMILES string of the molecule is COCCNS(=O)(=O)Nc1c(N)cc(C)cc1Br. The molecule has 0 aliphatic rings. The summed E-state index contributed by atoms with van der Waals surface area (Å²) in [5, 5.41) is 0. The lowest BCUT2D eigenvalue weighted by atomic mass is 10.2. The van der Waals surface area contributed by atoms with Gasteiger partial charge >= 0.3 is 0 Å². The Labute approximate surface area is 115 Å². The Morgan fingerprint density at radius 3 is 2.67 bits per heavy atom. The van der Waals surface area contributed by atoms with Crippen molar-refractivity contribution < 1.29 is 13.2 Å². The summed E-state index contributed by atoms with van der Waals surface area (Å²) in [6.07, 6.45) is 0. The third-order valence-electron chi connectivity index (χ3n) is 2.10. The van der Waals surface area contributed by atoms with Gasteiger partial charge in [0.05, 0.1) is 18.0 Å². The summed E-state index contributed by atoms with van der Waals surface area (Å²) in [5.74, 6) is 0. The minimum absolute atomic E-state index is 0.190. The van der Waals surface area contributed by atoms with Gasteiger partial charge in [0, 0.05) is 18.1 Å². The number of ether oxygens (including phenoxy) is 1. The highest BCUT2D eigenvalue weighted by Gasteiger charge is 2.14. The summed E-state index contributed by atoms with van der Waals surface area (Å²) >= 11 is 3.27. The molecule has 0 unspecified atom stereocenters. The molecule has 0 spiro atoms. The second-order valence-electron chi connectivity index (χ2n) is 3.70. The fourth-order valence-corrected chi connectivity index (χ4v) is 3.07. The van der Waals surface area contributed by atoms with E-state index in [0.29, 0.717) is 22.5 Å². The minimum Gasteiger partial charge on any atom is -0.397 e. The molecule has 0 amide bonds. The lowest BCUT2D eigenvalue weighted by Crippen LogP contribution is -2.33. The van der Waals surface area contributed by atoms with Crippen molar-refractivity contribution in [1.29, 1.82) is 0 Å². The molecule has 4 N–H and O–H groups in total. The van der Waals surface area contributed by atoms with Crippen molar-refractivity contribution >= 4 is 37.5 Å². The molecule has 18 heavy (non-hydrogen) atoms. The number of nitrogens with one attached hydrogen (secondary N) is 2. The zero-order chi connectivity index (χ0) is 13.8. The van der Waals surface area contributed by atoms with Gasteiger partial charge in [-0.2, -0.15) is 13.1 Å². The molecule has 0 heterocycles. The summed E-state index contributed by atoms with van der Waals surface area (Å²) < 4.78 is 33.5. The highest BCUT2D eigenvalue weighted by Crippen LogP contribution is 2.30. The molecule has 0 atom stereocenters. The first-order chi connectivity index (χ1) is 8.35. The van der Waals surface area contributed by atoms with Gasteiger partial charge in [-0.1, -0.05) is 0 Å². The van der Waals surface area contributed by atoms with Crippen LogP contribution in [0.15, 0.2) is 16.6 Å². The van der Waals surface area contributed by atoms with Crippen LogP contribution >= 0.6 is 15.9 Å². The predicted molar refractivity (Wildman–Crippen MR) is 75.7 cm³/mol. The molecular weight excluding hydrogens is 322 g/mol. The monoisotopic (exact) mass is 337 g/mol. The van der Waals surface area contributed by atoms with Gasteiger partial charge in [0.1, 0.15) is 0 Å². The molecule has 0 saturated heterocycles. The third kappa shape index (κ3) is 4.45. The van der Waals surface area contributed by atoms with Crippen LogP contribution < -0.4 is 15.2 Å². The van der Waals surface area contributed by atoms with Crippen LogP contribution in [-0.2, 0) is 14.9 Å². The summed E-state index contributed by atoms with van der Waals surface area (Å²) in [7, 11) is -2.16. The van der Waals surface area contributed by atoms with Crippen LogP contribution in [0.1, 0.15) is 5.56 Å². The van der Waals surface area contributed by atoms with E-state index in [-0.39, 0.29) is 6.54 Å². The van der Waals surface area contributed by atoms with Crippen molar-refractivity contribution in [3.05, 3.63) is 22.2 Å². The highest BCUT2D eigenvalue weighted by molar-refractivity contribution is 9.10. The molecule has 0 saturated carbocycles. The third-order valence-corrected chi connectivity index (χ3v) is 3.78. The molecular formula is C10H16BrN3O3S. The Kier molecular flexibility index (Phi) is 5.39. The molecule has 0 fully saturated rings. The Hall–Kier alpha value is -0.830. The molecule has 6 nitrogen and oxygen atoms in total. The molecule has 0 bridgehead atoms. The first-order valence-corrected chi connectivity index (χ1v) is 7.45. The van der Waals surface area contributed by atoms with Gasteiger partial charge in [0.25, 0.3) is 10.2 Å². The van der Waals surface area contributed by atoms with Gasteiger partial charge < -0.3 is 10.5 Å². The minimum atomic E-state index is -3.65. The van der Waals surface area contributed by atoms with Gasteiger partial charge in [-0.15, -0.1) is 0 Å². The fourth-order valence-electron chi connectivity index (χ4n) is 1.33. The number of hydrogen-bond acceptors (Lipinski definition) is 4. The number of rotatable bonds is 6. The summed E-state index contributed by atoms with van der Waals surface area (Å²) in [5.41, 5.74) is 7.40. The number of benzene rings is 1. The summed E-state index contributed by atoms with van der Waals surface area (Å²) in [6, 6.07) is 3.47. The summed E-state index contributed by atoms with van der Waals surface area (Å²) in [4.78, 5) is 0. The summed E-state index contributed by atoms with van der Waals surface area (Å²) in [6.45, 7) is 2.36. The van der Waals surface area contributed by atoms with Gasteiger partial charge in [0.2, 0.25) is 0 Å². The molecule has 0 aliphatic heterocycles. The van der Waals surface area contributed by atoms with Crippen molar-refractivity contribution in [3.63, 3.8) is 0 Å². The molecule has 8 heteroatoms. The first kappa shape index (κ1) is 15.2. The average molecular weight is 338 g/mol. The van der Waals surface area contributed by atoms with Gasteiger partial charge in [-0.25, -0.2) is 0 Å². The van der Waals surface area contributed by atoms with E-state index in [0.717, 1.165) is 5.56 Å². The fraction of sp³-hybridized carbons (Fsp3) is 0.400. The van der Waals surface area contributed by atoms with Crippen molar-refractivity contribution in [2.45, 2.75) is 6.92 Å². The number of nitrogen functional groups attached to an aromatic ring is 1. The van der Waals surface area contributed by atoms with Crippen molar-refractivity contribution in [2.75, 3.05) is 30.7 Å². The maximum Gasteiger partial charge on any atom is 0.299 e. The van der Waals surface area contributed by atoms with Crippen LogP contribution in [0.2, 0.25) is 0 Å². The zero-order valence-corrected chi connectivity index (χ0v) is 12.6. The lowest BCUT2D eigenvalue weighted by molar-refractivity contribution is 0.204. The van der Waals surface area contributed by atoms with E-state index in [1.807, 2.05) is 6.92 Å². The van der Waals surface area contributed by atoms with E-state index in [1.165, 1.54) is 7.11 Å². The Balaban J connectivity index is 2.84. The van der Waals surface area contributed by atoms with Crippen LogP contribution in [0.4, 0.5) is 11.4 Å². The van der Waals surface area contributed by atoms with E-state index >= 15 is 0 Å². The molecule has 0 aromatic heterocycles. The largest absolute Gasteiger partial charge is 0.397 e. The molecule has 1 aromatic carbocycles. The lowest BCUT2D eigenvalue weighted by Gasteiger charge is -2.13. The van der Waals surface area contributed by atoms with E-state index in [1.54, 1.807) is 12.1 Å². The number of hydrogen-bond donors (Lipinski definition) is 3. The maximum absolute atomic E-state index is 11.7. The topological polar surface area (TPSA) is 93.4 Å². The number of halogens is 1. The van der Waals surface area contributed by atoms with Crippen LogP contribution in [0, 0.1) is 6.92 Å². The zero-order valence-electron chi connectivity index (χ0n) is 10.2.